The molecule has 4 atom stereocenters. The summed E-state index contributed by atoms with van der Waals surface area (Å²) >= 11 is 0. The number of hydrogen-bond acceptors (Lipinski definition) is 4. The van der Waals surface area contributed by atoms with Crippen molar-refractivity contribution in [1.82, 2.24) is 14.8 Å². The van der Waals surface area contributed by atoms with E-state index >= 15 is 0 Å². The molecule has 160 valence electrons. The average Bonchev–Trinajstić information content (AvgIpc) is 2.77. The third-order valence-electron chi connectivity index (χ3n) is 7.47. The predicted octanol–water partition coefficient (Wildman–Crippen LogP) is 4.15. The van der Waals surface area contributed by atoms with Crippen molar-refractivity contribution >= 4 is 0 Å². The van der Waals surface area contributed by atoms with E-state index in [1.165, 1.54) is 32.2 Å². The monoisotopic (exact) mass is 409 g/mol. The molecule has 3 aliphatic rings. The Morgan fingerprint density at radius 2 is 2.03 bits per heavy atom. The van der Waals surface area contributed by atoms with E-state index in [-0.39, 0.29) is 5.82 Å². The Balaban J connectivity index is 1.38. The predicted molar refractivity (Wildman–Crippen MR) is 116 cm³/mol. The molecule has 4 nitrogen and oxygen atoms in total. The molecule has 0 aliphatic carbocycles. The van der Waals surface area contributed by atoms with Gasteiger partial charge in [-0.05, 0) is 73.9 Å². The lowest BCUT2D eigenvalue weighted by Crippen LogP contribution is -2.63. The first kappa shape index (κ1) is 20.0. The fourth-order valence-corrected chi connectivity index (χ4v) is 6.26. The first-order chi connectivity index (χ1) is 14.7. The zero-order chi connectivity index (χ0) is 20.5. The zero-order valence-corrected chi connectivity index (χ0v) is 17.8. The van der Waals surface area contributed by atoms with Gasteiger partial charge in [0.2, 0.25) is 0 Å². The molecule has 3 aliphatic heterocycles. The van der Waals surface area contributed by atoms with Gasteiger partial charge in [-0.2, -0.15) is 0 Å². The first-order valence-electron chi connectivity index (χ1n) is 11.4. The number of methoxy groups -OCH3 is 1. The van der Waals surface area contributed by atoms with Crippen molar-refractivity contribution < 1.29 is 9.13 Å². The third-order valence-corrected chi connectivity index (χ3v) is 7.47. The molecule has 2 aromatic rings. The highest BCUT2D eigenvalue weighted by molar-refractivity contribution is 5.27. The minimum Gasteiger partial charge on any atom is -0.495 e. The van der Waals surface area contributed by atoms with Gasteiger partial charge in [0.05, 0.1) is 12.8 Å². The van der Waals surface area contributed by atoms with E-state index in [1.807, 2.05) is 24.4 Å². The van der Waals surface area contributed by atoms with E-state index in [0.717, 1.165) is 49.0 Å². The zero-order valence-electron chi connectivity index (χ0n) is 17.8. The highest BCUT2D eigenvalue weighted by Gasteiger charge is 2.47. The van der Waals surface area contributed by atoms with Crippen LogP contribution in [0.15, 0.2) is 42.6 Å². The van der Waals surface area contributed by atoms with Crippen molar-refractivity contribution in [2.45, 2.75) is 50.7 Å². The number of nitrogens with zero attached hydrogens (tertiary/aromatic N) is 3. The lowest BCUT2D eigenvalue weighted by Gasteiger charge is -2.57. The molecule has 0 amide bonds. The van der Waals surface area contributed by atoms with Crippen LogP contribution < -0.4 is 4.74 Å². The fourth-order valence-electron chi connectivity index (χ4n) is 6.26. The van der Waals surface area contributed by atoms with Crippen LogP contribution in [0.5, 0.6) is 5.75 Å². The number of hydrogen-bond donors (Lipinski definition) is 0. The molecule has 1 aromatic carbocycles. The van der Waals surface area contributed by atoms with Crippen LogP contribution in [0.2, 0.25) is 0 Å². The second-order valence-electron chi connectivity index (χ2n) is 9.30. The molecule has 3 fully saturated rings. The van der Waals surface area contributed by atoms with E-state index < -0.39 is 0 Å². The number of aromatic nitrogens is 1. The van der Waals surface area contributed by atoms with Gasteiger partial charge in [0, 0.05) is 37.9 Å². The summed E-state index contributed by atoms with van der Waals surface area (Å²) in [6.45, 7) is 4.27. The van der Waals surface area contributed by atoms with Crippen molar-refractivity contribution in [1.29, 1.82) is 0 Å². The van der Waals surface area contributed by atoms with Crippen LogP contribution in [-0.4, -0.2) is 53.6 Å². The number of halogens is 1. The van der Waals surface area contributed by atoms with E-state index in [4.69, 9.17) is 4.74 Å². The Hall–Kier alpha value is -1.98. The van der Waals surface area contributed by atoms with Crippen molar-refractivity contribution in [3.63, 3.8) is 0 Å². The number of likely N-dealkylation sites (tertiary alicyclic amines) is 1. The summed E-state index contributed by atoms with van der Waals surface area (Å²) in [5, 5.41) is 0. The summed E-state index contributed by atoms with van der Waals surface area (Å²) in [6.07, 6.45) is 8.05. The summed E-state index contributed by atoms with van der Waals surface area (Å²) in [5.41, 5.74) is 2.16. The largest absolute Gasteiger partial charge is 0.495 e. The lowest BCUT2D eigenvalue weighted by atomic mass is 9.71. The molecule has 0 unspecified atom stereocenters. The van der Waals surface area contributed by atoms with Gasteiger partial charge in [0.15, 0.2) is 0 Å². The molecule has 3 saturated heterocycles. The van der Waals surface area contributed by atoms with Gasteiger partial charge < -0.3 is 4.74 Å². The summed E-state index contributed by atoms with van der Waals surface area (Å²) < 4.78 is 19.4. The van der Waals surface area contributed by atoms with Crippen molar-refractivity contribution in [2.75, 3.05) is 26.7 Å². The van der Waals surface area contributed by atoms with Crippen LogP contribution in [0, 0.1) is 17.7 Å². The molecular formula is C25H32FN3O. The van der Waals surface area contributed by atoms with Gasteiger partial charge in [-0.25, -0.2) is 4.39 Å². The Morgan fingerprint density at radius 3 is 2.90 bits per heavy atom. The average molecular weight is 410 g/mol. The Kier molecular flexibility index (Phi) is 5.74. The molecule has 0 spiro atoms. The summed E-state index contributed by atoms with van der Waals surface area (Å²) in [5.74, 6) is 2.10. The van der Waals surface area contributed by atoms with Gasteiger partial charge >= 0.3 is 0 Å². The van der Waals surface area contributed by atoms with Crippen molar-refractivity contribution in [3.05, 3.63) is 59.7 Å². The standard InChI is InChI=1S/C25H32FN3O/c1-30-25-9-5-10-27-22(25)17-28-15-19-14-20(16-28)24(29-11-3-2-8-23(19)29)13-18-6-4-7-21(26)12-18/h4-7,9-10,12,19-20,23-24H,2-3,8,11,13-17H2,1H3/t19-,20+,23+,24+/m1/s1. The summed E-state index contributed by atoms with van der Waals surface area (Å²) in [6, 6.07) is 12.3. The molecule has 5 rings (SSSR count). The minimum atomic E-state index is -0.121. The molecule has 2 bridgehead atoms. The van der Waals surface area contributed by atoms with Crippen molar-refractivity contribution in [2.24, 2.45) is 11.8 Å². The number of ether oxygens (including phenoxy) is 1. The molecule has 0 N–H and O–H groups in total. The van der Waals surface area contributed by atoms with E-state index in [2.05, 4.69) is 20.9 Å². The lowest BCUT2D eigenvalue weighted by molar-refractivity contribution is -0.0732. The fraction of sp³-hybridized carbons (Fsp3) is 0.560. The van der Waals surface area contributed by atoms with Crippen molar-refractivity contribution in [3.8, 4) is 5.75 Å². The van der Waals surface area contributed by atoms with Crippen LogP contribution >= 0.6 is 0 Å². The van der Waals surface area contributed by atoms with Gasteiger partial charge in [-0.1, -0.05) is 18.6 Å². The van der Waals surface area contributed by atoms with E-state index in [1.54, 1.807) is 19.2 Å². The molecule has 30 heavy (non-hydrogen) atoms. The molecule has 1 aromatic heterocycles. The number of piperidine rings is 3. The molecule has 4 heterocycles. The number of rotatable bonds is 5. The molecule has 0 saturated carbocycles. The quantitative estimate of drug-likeness (QED) is 0.742. The number of benzene rings is 1. The van der Waals surface area contributed by atoms with Gasteiger partial charge in [0.25, 0.3) is 0 Å². The molecule has 0 radical (unpaired) electrons. The van der Waals surface area contributed by atoms with Gasteiger partial charge in [0.1, 0.15) is 11.6 Å². The van der Waals surface area contributed by atoms with Gasteiger partial charge in [-0.3, -0.25) is 14.8 Å². The Bertz CT molecular complexity index is 875. The van der Waals surface area contributed by atoms with Crippen LogP contribution in [0.3, 0.4) is 0 Å². The second-order valence-corrected chi connectivity index (χ2v) is 9.30. The normalized spacial score (nSPS) is 29.4. The smallest absolute Gasteiger partial charge is 0.141 e. The minimum absolute atomic E-state index is 0.121. The van der Waals surface area contributed by atoms with Gasteiger partial charge in [-0.15, -0.1) is 0 Å². The van der Waals surface area contributed by atoms with Crippen LogP contribution in [-0.2, 0) is 13.0 Å². The van der Waals surface area contributed by atoms with Crippen LogP contribution in [0.4, 0.5) is 4.39 Å². The maximum absolute atomic E-state index is 13.8. The van der Waals surface area contributed by atoms with E-state index in [0.29, 0.717) is 18.0 Å². The van der Waals surface area contributed by atoms with E-state index in [9.17, 15) is 4.39 Å². The third kappa shape index (κ3) is 3.97. The highest BCUT2D eigenvalue weighted by Crippen LogP contribution is 2.42. The van der Waals surface area contributed by atoms with Crippen LogP contribution in [0.25, 0.3) is 0 Å². The summed E-state index contributed by atoms with van der Waals surface area (Å²) in [7, 11) is 1.72. The molecular weight excluding hydrogens is 377 g/mol. The Morgan fingerprint density at radius 1 is 1.13 bits per heavy atom. The number of pyridine rings is 1. The maximum atomic E-state index is 13.8. The molecule has 5 heteroatoms. The first-order valence-corrected chi connectivity index (χ1v) is 11.4. The van der Waals surface area contributed by atoms with Crippen LogP contribution in [0.1, 0.15) is 36.9 Å². The summed E-state index contributed by atoms with van der Waals surface area (Å²) in [4.78, 5) is 9.99. The maximum Gasteiger partial charge on any atom is 0.141 e. The second kappa shape index (κ2) is 8.64. The SMILES string of the molecule is COc1cccnc1CN1C[C@H]2C[C@@H](C1)[C@H](Cc1cccc(F)c1)N1CCCC[C@@H]21. The number of fused-ring (bicyclic) bond motifs is 4. The topological polar surface area (TPSA) is 28.6 Å². The highest BCUT2D eigenvalue weighted by atomic mass is 19.1. The Labute approximate surface area is 179 Å².